The first-order chi connectivity index (χ1) is 13.7. The van der Waals surface area contributed by atoms with Crippen molar-refractivity contribution < 1.29 is 4.79 Å². The first-order valence-electron chi connectivity index (χ1n) is 8.95. The van der Waals surface area contributed by atoms with E-state index in [1.54, 1.807) is 12.1 Å². The molecule has 1 amide bonds. The van der Waals surface area contributed by atoms with Gasteiger partial charge < -0.3 is 9.55 Å². The second-order valence-electron chi connectivity index (χ2n) is 6.60. The normalized spacial score (nSPS) is 11.3. The number of benzene rings is 3. The zero-order valence-electron chi connectivity index (χ0n) is 14.8. The average molecular weight is 368 g/mol. The van der Waals surface area contributed by atoms with E-state index in [0.29, 0.717) is 16.7 Å². The topological polar surface area (TPSA) is 79.8 Å². The standard InChI is InChI=1S/C22H16N4O2/c27-20(25-22-23-16-9-3-4-10-17(16)24-22)13-26-18-11-5-1-7-14(18)21(28)15-8-2-6-12-19(15)26/h1-12H,13H2,(H2,23,24,25,27). The van der Waals surface area contributed by atoms with Gasteiger partial charge in [0.1, 0.15) is 6.54 Å². The van der Waals surface area contributed by atoms with E-state index < -0.39 is 0 Å². The number of nitrogens with zero attached hydrogens (tertiary/aromatic N) is 2. The highest BCUT2D eigenvalue weighted by molar-refractivity contribution is 5.97. The largest absolute Gasteiger partial charge is 0.331 e. The van der Waals surface area contributed by atoms with Gasteiger partial charge in [0.2, 0.25) is 11.9 Å². The molecule has 0 aliphatic rings. The van der Waals surface area contributed by atoms with Gasteiger partial charge in [-0.05, 0) is 36.4 Å². The zero-order valence-corrected chi connectivity index (χ0v) is 14.8. The maximum atomic E-state index is 12.8. The highest BCUT2D eigenvalue weighted by Gasteiger charge is 2.14. The predicted molar refractivity (Wildman–Crippen MR) is 110 cm³/mol. The second kappa shape index (κ2) is 6.35. The lowest BCUT2D eigenvalue weighted by molar-refractivity contribution is -0.116. The maximum Gasteiger partial charge on any atom is 0.246 e. The van der Waals surface area contributed by atoms with Crippen molar-refractivity contribution in [1.82, 2.24) is 14.5 Å². The number of hydrogen-bond donors (Lipinski definition) is 2. The van der Waals surface area contributed by atoms with Gasteiger partial charge in [0, 0.05) is 10.8 Å². The zero-order chi connectivity index (χ0) is 19.1. The van der Waals surface area contributed by atoms with Crippen LogP contribution in [-0.4, -0.2) is 20.4 Å². The Kier molecular flexibility index (Phi) is 3.69. The number of imidazole rings is 1. The van der Waals surface area contributed by atoms with E-state index in [1.807, 2.05) is 65.2 Å². The molecule has 0 bridgehead atoms. The van der Waals surface area contributed by atoms with Gasteiger partial charge in [-0.1, -0.05) is 36.4 Å². The molecule has 0 aliphatic carbocycles. The van der Waals surface area contributed by atoms with Crippen molar-refractivity contribution >= 4 is 44.7 Å². The lowest BCUT2D eigenvalue weighted by Gasteiger charge is -2.14. The molecule has 6 nitrogen and oxygen atoms in total. The van der Waals surface area contributed by atoms with Crippen molar-refractivity contribution in [2.45, 2.75) is 6.54 Å². The van der Waals surface area contributed by atoms with Crippen molar-refractivity contribution in [3.63, 3.8) is 0 Å². The SMILES string of the molecule is O=C(Cn1c2ccccc2c(=O)c2ccccc21)Nc1nc2ccccc2[nH]1. The van der Waals surface area contributed by atoms with Crippen molar-refractivity contribution in [1.29, 1.82) is 0 Å². The number of nitrogens with one attached hydrogen (secondary N) is 2. The number of hydrogen-bond acceptors (Lipinski definition) is 3. The van der Waals surface area contributed by atoms with Gasteiger partial charge in [-0.3, -0.25) is 14.9 Å². The van der Waals surface area contributed by atoms with E-state index in [2.05, 4.69) is 15.3 Å². The van der Waals surface area contributed by atoms with Gasteiger partial charge in [0.05, 0.1) is 22.1 Å². The summed E-state index contributed by atoms with van der Waals surface area (Å²) in [5, 5.41) is 4.01. The first-order valence-corrected chi connectivity index (χ1v) is 8.95. The van der Waals surface area contributed by atoms with Crippen LogP contribution < -0.4 is 10.7 Å². The highest BCUT2D eigenvalue weighted by atomic mass is 16.2. The molecule has 136 valence electrons. The number of fused-ring (bicyclic) bond motifs is 3. The summed E-state index contributed by atoms with van der Waals surface area (Å²) in [6.07, 6.45) is 0. The van der Waals surface area contributed by atoms with E-state index in [0.717, 1.165) is 22.1 Å². The number of anilines is 1. The van der Waals surface area contributed by atoms with E-state index in [1.165, 1.54) is 0 Å². The van der Waals surface area contributed by atoms with Crippen molar-refractivity contribution in [3.05, 3.63) is 83.0 Å². The number of aromatic amines is 1. The Morgan fingerprint density at radius 1 is 0.893 bits per heavy atom. The molecule has 3 aromatic carbocycles. The van der Waals surface area contributed by atoms with Crippen LogP contribution in [-0.2, 0) is 11.3 Å². The Hall–Kier alpha value is -3.93. The molecule has 2 aromatic heterocycles. The first kappa shape index (κ1) is 16.3. The molecule has 2 heterocycles. The summed E-state index contributed by atoms with van der Waals surface area (Å²) in [7, 11) is 0. The van der Waals surface area contributed by atoms with E-state index in [4.69, 9.17) is 0 Å². The smallest absolute Gasteiger partial charge is 0.246 e. The van der Waals surface area contributed by atoms with Crippen LogP contribution in [0.2, 0.25) is 0 Å². The number of carbonyl (C=O) groups excluding carboxylic acids is 1. The Morgan fingerprint density at radius 2 is 1.50 bits per heavy atom. The second-order valence-corrected chi connectivity index (χ2v) is 6.60. The molecule has 0 spiro atoms. The van der Waals surface area contributed by atoms with Crippen molar-refractivity contribution in [3.8, 4) is 0 Å². The molecule has 6 heteroatoms. The van der Waals surface area contributed by atoms with Crippen LogP contribution in [0.15, 0.2) is 77.6 Å². The predicted octanol–water partition coefficient (Wildman–Crippen LogP) is 3.67. The van der Waals surface area contributed by atoms with Crippen LogP contribution in [0.1, 0.15) is 0 Å². The van der Waals surface area contributed by atoms with E-state index >= 15 is 0 Å². The molecule has 2 N–H and O–H groups in total. The Morgan fingerprint density at radius 3 is 2.18 bits per heavy atom. The molecule has 0 fully saturated rings. The molecule has 28 heavy (non-hydrogen) atoms. The minimum Gasteiger partial charge on any atom is -0.331 e. The lowest BCUT2D eigenvalue weighted by atomic mass is 10.1. The Bertz CT molecular complexity index is 1320. The summed E-state index contributed by atoms with van der Waals surface area (Å²) in [6.45, 7) is 0.0678. The van der Waals surface area contributed by atoms with Gasteiger partial charge >= 0.3 is 0 Å². The average Bonchev–Trinajstić information content (AvgIpc) is 3.13. The van der Waals surface area contributed by atoms with Gasteiger partial charge in [-0.2, -0.15) is 0 Å². The number of aromatic nitrogens is 3. The number of rotatable bonds is 3. The summed E-state index contributed by atoms with van der Waals surface area (Å²) in [5.74, 6) is 0.180. The van der Waals surface area contributed by atoms with E-state index in [9.17, 15) is 9.59 Å². The van der Waals surface area contributed by atoms with Crippen LogP contribution in [0.25, 0.3) is 32.8 Å². The third kappa shape index (κ3) is 2.63. The third-order valence-electron chi connectivity index (χ3n) is 4.83. The maximum absolute atomic E-state index is 12.8. The number of pyridine rings is 1. The Balaban J connectivity index is 1.57. The van der Waals surface area contributed by atoms with Crippen LogP contribution in [0.5, 0.6) is 0 Å². The van der Waals surface area contributed by atoms with Gasteiger partial charge in [-0.15, -0.1) is 0 Å². The lowest BCUT2D eigenvalue weighted by Crippen LogP contribution is -2.22. The van der Waals surface area contributed by atoms with E-state index in [-0.39, 0.29) is 17.9 Å². The van der Waals surface area contributed by atoms with Gasteiger partial charge in [0.25, 0.3) is 0 Å². The molecule has 0 saturated heterocycles. The number of para-hydroxylation sites is 4. The fourth-order valence-corrected chi connectivity index (χ4v) is 3.57. The molecule has 5 aromatic rings. The number of H-pyrrole nitrogens is 1. The molecule has 0 aliphatic heterocycles. The molecule has 0 radical (unpaired) electrons. The van der Waals surface area contributed by atoms with Crippen molar-refractivity contribution in [2.24, 2.45) is 0 Å². The van der Waals surface area contributed by atoms with Crippen LogP contribution in [0.4, 0.5) is 5.95 Å². The minimum absolute atomic E-state index is 0.0276. The highest BCUT2D eigenvalue weighted by Crippen LogP contribution is 2.19. The van der Waals surface area contributed by atoms with Crippen LogP contribution in [0.3, 0.4) is 0 Å². The molecular formula is C22H16N4O2. The number of amides is 1. The minimum atomic E-state index is -0.224. The fourth-order valence-electron chi connectivity index (χ4n) is 3.57. The van der Waals surface area contributed by atoms with Crippen LogP contribution >= 0.6 is 0 Å². The summed E-state index contributed by atoms with van der Waals surface area (Å²) in [6, 6.07) is 22.3. The molecule has 0 unspecified atom stereocenters. The summed E-state index contributed by atoms with van der Waals surface area (Å²) in [4.78, 5) is 33.0. The summed E-state index contributed by atoms with van der Waals surface area (Å²) in [5.41, 5.74) is 3.08. The summed E-state index contributed by atoms with van der Waals surface area (Å²) < 4.78 is 1.87. The summed E-state index contributed by atoms with van der Waals surface area (Å²) >= 11 is 0. The molecular weight excluding hydrogens is 352 g/mol. The van der Waals surface area contributed by atoms with Gasteiger partial charge in [-0.25, -0.2) is 4.98 Å². The van der Waals surface area contributed by atoms with Crippen molar-refractivity contribution in [2.75, 3.05) is 5.32 Å². The van der Waals surface area contributed by atoms with Gasteiger partial charge in [0.15, 0.2) is 5.43 Å². The monoisotopic (exact) mass is 368 g/mol. The molecule has 5 rings (SSSR count). The fraction of sp³-hybridized carbons (Fsp3) is 0.0455. The molecule has 0 atom stereocenters. The third-order valence-corrected chi connectivity index (χ3v) is 4.83. The Labute approximate surface area is 159 Å². The van der Waals surface area contributed by atoms with Crippen LogP contribution in [0, 0.1) is 0 Å². The quantitative estimate of drug-likeness (QED) is 0.477. The molecule has 0 saturated carbocycles. The number of carbonyl (C=O) groups is 1.